The molecular formula is C27H32N4O3. The Morgan fingerprint density at radius 2 is 1.79 bits per heavy atom. The summed E-state index contributed by atoms with van der Waals surface area (Å²) in [7, 11) is 0. The third kappa shape index (κ3) is 9.13. The van der Waals surface area contributed by atoms with Gasteiger partial charge in [0.2, 0.25) is 5.91 Å². The largest absolute Gasteiger partial charge is 0.311 e. The highest BCUT2D eigenvalue weighted by atomic mass is 16.2. The van der Waals surface area contributed by atoms with E-state index in [1.807, 2.05) is 34.6 Å². The van der Waals surface area contributed by atoms with Crippen LogP contribution in [-0.4, -0.2) is 22.7 Å². The first-order chi connectivity index (χ1) is 16.3. The monoisotopic (exact) mass is 460 g/mol. The van der Waals surface area contributed by atoms with Crippen LogP contribution in [0.25, 0.3) is 0 Å². The van der Waals surface area contributed by atoms with Crippen molar-refractivity contribution in [3.05, 3.63) is 82.6 Å². The van der Waals surface area contributed by atoms with Crippen molar-refractivity contribution in [2.24, 2.45) is 0 Å². The Morgan fingerprint density at radius 3 is 2.38 bits per heavy atom. The summed E-state index contributed by atoms with van der Waals surface area (Å²) in [5.74, 6) is 5.46. The standard InChI is InChI=1S/C25H26N4O3.C2H6/c1-5-7-20(8-6-2)24(31)28-29-25(32)22-12-9-17(3)21(15-22)13-10-19-11-14-23(26-16-19)27-18(4)30;1-2/h5,7-9,11-12,14-16H,6H2,1-4H3,(H,28,31)(H,29,32)(H,26,27,30);1-2H3/b7-5-,20-8+;. The first kappa shape index (κ1) is 27.9. The van der Waals surface area contributed by atoms with Crippen LogP contribution in [-0.2, 0) is 9.59 Å². The third-order valence-electron chi connectivity index (χ3n) is 4.23. The molecule has 0 aliphatic heterocycles. The number of carbonyl (C=O) groups is 3. The molecule has 178 valence electrons. The number of amides is 3. The van der Waals surface area contributed by atoms with Gasteiger partial charge in [-0.25, -0.2) is 4.98 Å². The molecule has 2 rings (SSSR count). The van der Waals surface area contributed by atoms with Gasteiger partial charge in [0.25, 0.3) is 11.8 Å². The van der Waals surface area contributed by atoms with Crippen LogP contribution in [0.15, 0.2) is 60.3 Å². The Morgan fingerprint density at radius 1 is 1.06 bits per heavy atom. The summed E-state index contributed by atoms with van der Waals surface area (Å²) in [5.41, 5.74) is 7.95. The van der Waals surface area contributed by atoms with Gasteiger partial charge in [-0.15, -0.1) is 0 Å². The maximum absolute atomic E-state index is 12.5. The minimum Gasteiger partial charge on any atom is -0.311 e. The van der Waals surface area contributed by atoms with Crippen molar-refractivity contribution < 1.29 is 14.4 Å². The van der Waals surface area contributed by atoms with E-state index >= 15 is 0 Å². The quantitative estimate of drug-likeness (QED) is 0.266. The number of aryl methyl sites for hydroxylation is 1. The van der Waals surface area contributed by atoms with Crippen LogP contribution in [0.2, 0.25) is 0 Å². The van der Waals surface area contributed by atoms with E-state index in [1.165, 1.54) is 6.92 Å². The molecule has 0 unspecified atom stereocenters. The number of aromatic nitrogens is 1. The first-order valence-electron chi connectivity index (χ1n) is 11.1. The average Bonchev–Trinajstić information content (AvgIpc) is 2.83. The van der Waals surface area contributed by atoms with Gasteiger partial charge < -0.3 is 5.32 Å². The lowest BCUT2D eigenvalue weighted by Crippen LogP contribution is -2.42. The van der Waals surface area contributed by atoms with Gasteiger partial charge in [0.15, 0.2) is 0 Å². The normalized spacial score (nSPS) is 10.4. The molecule has 34 heavy (non-hydrogen) atoms. The van der Waals surface area contributed by atoms with E-state index < -0.39 is 5.91 Å². The number of hydrogen-bond acceptors (Lipinski definition) is 4. The van der Waals surface area contributed by atoms with Crippen LogP contribution in [0.4, 0.5) is 5.82 Å². The molecule has 0 bridgehead atoms. The van der Waals surface area contributed by atoms with Gasteiger partial charge in [-0.2, -0.15) is 0 Å². The lowest BCUT2D eigenvalue weighted by atomic mass is 10.0. The average molecular weight is 461 g/mol. The molecule has 7 nitrogen and oxygen atoms in total. The highest BCUT2D eigenvalue weighted by Gasteiger charge is 2.10. The molecule has 1 aromatic carbocycles. The summed E-state index contributed by atoms with van der Waals surface area (Å²) in [5, 5.41) is 2.60. The zero-order valence-electron chi connectivity index (χ0n) is 20.6. The van der Waals surface area contributed by atoms with Crippen molar-refractivity contribution in [1.82, 2.24) is 15.8 Å². The summed E-state index contributed by atoms with van der Waals surface area (Å²) in [6.45, 7) is 11.1. The van der Waals surface area contributed by atoms with Crippen LogP contribution < -0.4 is 16.2 Å². The minimum absolute atomic E-state index is 0.197. The fourth-order valence-electron chi connectivity index (χ4n) is 2.65. The lowest BCUT2D eigenvalue weighted by Gasteiger charge is -2.09. The summed E-state index contributed by atoms with van der Waals surface area (Å²) in [6.07, 6.45) is 7.48. The van der Waals surface area contributed by atoms with Crippen molar-refractivity contribution >= 4 is 23.5 Å². The van der Waals surface area contributed by atoms with E-state index in [0.717, 1.165) is 5.56 Å². The maximum atomic E-state index is 12.5. The number of carbonyl (C=O) groups excluding carboxylic acids is 3. The maximum Gasteiger partial charge on any atom is 0.269 e. The molecule has 0 aliphatic rings. The van der Waals surface area contributed by atoms with Gasteiger partial charge in [-0.1, -0.05) is 56.9 Å². The zero-order valence-corrected chi connectivity index (χ0v) is 20.6. The number of hydrogen-bond donors (Lipinski definition) is 3. The van der Waals surface area contributed by atoms with Gasteiger partial charge in [0.05, 0.1) is 0 Å². The first-order valence-corrected chi connectivity index (χ1v) is 11.1. The molecule has 1 aromatic heterocycles. The number of rotatable bonds is 5. The van der Waals surface area contributed by atoms with Crippen molar-refractivity contribution in [1.29, 1.82) is 0 Å². The predicted molar refractivity (Wildman–Crippen MR) is 136 cm³/mol. The van der Waals surface area contributed by atoms with Gasteiger partial charge in [0.1, 0.15) is 5.82 Å². The van der Waals surface area contributed by atoms with E-state index in [0.29, 0.717) is 34.5 Å². The minimum atomic E-state index is -0.445. The predicted octanol–water partition coefficient (Wildman–Crippen LogP) is 4.45. The van der Waals surface area contributed by atoms with E-state index in [2.05, 4.69) is 33.0 Å². The summed E-state index contributed by atoms with van der Waals surface area (Å²) < 4.78 is 0. The molecule has 1 heterocycles. The Hall–Kier alpha value is -4.18. The van der Waals surface area contributed by atoms with Crippen LogP contribution in [0.1, 0.15) is 68.1 Å². The molecule has 2 aromatic rings. The molecule has 0 atom stereocenters. The van der Waals surface area contributed by atoms with Crippen LogP contribution in [0.5, 0.6) is 0 Å². The number of benzene rings is 1. The molecule has 0 saturated carbocycles. The Bertz CT molecular complexity index is 1120. The fourth-order valence-corrected chi connectivity index (χ4v) is 2.65. The molecule has 0 saturated heterocycles. The number of pyridine rings is 1. The van der Waals surface area contributed by atoms with Gasteiger partial charge in [-0.05, 0) is 50.1 Å². The van der Waals surface area contributed by atoms with E-state index in [-0.39, 0.29) is 11.8 Å². The Balaban J connectivity index is 0.00000281. The summed E-state index contributed by atoms with van der Waals surface area (Å²) >= 11 is 0. The second kappa shape index (κ2) is 14.8. The number of allylic oxidation sites excluding steroid dienone is 2. The molecule has 0 fully saturated rings. The second-order valence-electron chi connectivity index (χ2n) is 6.87. The number of hydrazine groups is 1. The molecule has 3 N–H and O–H groups in total. The van der Waals surface area contributed by atoms with Gasteiger partial charge in [0, 0.05) is 35.4 Å². The highest BCUT2D eigenvalue weighted by Crippen LogP contribution is 2.11. The molecular weight excluding hydrogens is 428 g/mol. The Labute approximate surface area is 201 Å². The zero-order chi connectivity index (χ0) is 25.5. The molecule has 0 aliphatic carbocycles. The number of nitrogens with zero attached hydrogens (tertiary/aromatic N) is 1. The van der Waals surface area contributed by atoms with Crippen molar-refractivity contribution in [2.75, 3.05) is 5.32 Å². The van der Waals surface area contributed by atoms with Crippen LogP contribution >= 0.6 is 0 Å². The lowest BCUT2D eigenvalue weighted by molar-refractivity contribution is -0.118. The summed E-state index contributed by atoms with van der Waals surface area (Å²) in [6, 6.07) is 8.54. The molecule has 3 amide bonds. The smallest absolute Gasteiger partial charge is 0.269 e. The van der Waals surface area contributed by atoms with Gasteiger partial charge in [-0.3, -0.25) is 25.2 Å². The molecule has 7 heteroatoms. The van der Waals surface area contributed by atoms with Crippen LogP contribution in [0, 0.1) is 18.8 Å². The number of anilines is 1. The highest BCUT2D eigenvalue weighted by molar-refractivity contribution is 6.00. The van der Waals surface area contributed by atoms with E-state index in [9.17, 15) is 14.4 Å². The third-order valence-corrected chi connectivity index (χ3v) is 4.23. The van der Waals surface area contributed by atoms with Crippen molar-refractivity contribution in [3.63, 3.8) is 0 Å². The van der Waals surface area contributed by atoms with Crippen LogP contribution in [0.3, 0.4) is 0 Å². The summed E-state index contributed by atoms with van der Waals surface area (Å²) in [4.78, 5) is 39.9. The molecule has 0 spiro atoms. The van der Waals surface area contributed by atoms with E-state index in [4.69, 9.17) is 0 Å². The number of nitrogens with one attached hydrogen (secondary N) is 3. The van der Waals surface area contributed by atoms with E-state index in [1.54, 1.807) is 54.8 Å². The SMILES string of the molecule is C/C=C\C(=C/CC)C(=O)NNC(=O)c1ccc(C)c(C#Cc2ccc(NC(C)=O)nc2)c1.CC. The fraction of sp³-hybridized carbons (Fsp3) is 0.259. The second-order valence-corrected chi connectivity index (χ2v) is 6.87. The molecule has 0 radical (unpaired) electrons. The van der Waals surface area contributed by atoms with Crippen molar-refractivity contribution in [3.8, 4) is 11.8 Å². The topological polar surface area (TPSA) is 100 Å². The Kier molecular flexibility index (Phi) is 12.1. The van der Waals surface area contributed by atoms with Crippen molar-refractivity contribution in [2.45, 2.75) is 48.0 Å². The van der Waals surface area contributed by atoms with Gasteiger partial charge >= 0.3 is 0 Å².